The predicted octanol–water partition coefficient (Wildman–Crippen LogP) is 1.82. The van der Waals surface area contributed by atoms with Crippen molar-refractivity contribution in [3.8, 4) is 0 Å². The number of hydrazine groups is 1. The first-order chi connectivity index (χ1) is 12.5. The van der Waals surface area contributed by atoms with Crippen LogP contribution in [0.2, 0.25) is 0 Å². The van der Waals surface area contributed by atoms with Crippen LogP contribution < -0.4 is 10.9 Å². The molecule has 26 heavy (non-hydrogen) atoms. The van der Waals surface area contributed by atoms with Gasteiger partial charge in [0.25, 0.3) is 5.95 Å². The van der Waals surface area contributed by atoms with Crippen molar-refractivity contribution in [2.45, 2.75) is 39.5 Å². The SMILES string of the molecule is CCCCCC(CN(O)C=O)C(=O)NNc1nnc2cc(C)ccc2n1. The molecule has 2 rings (SSSR count). The van der Waals surface area contributed by atoms with Crippen molar-refractivity contribution in [1.29, 1.82) is 0 Å². The molecule has 3 N–H and O–H groups in total. The lowest BCUT2D eigenvalue weighted by molar-refractivity contribution is -0.154. The number of hydrogen-bond acceptors (Lipinski definition) is 7. The van der Waals surface area contributed by atoms with E-state index in [9.17, 15) is 14.8 Å². The zero-order chi connectivity index (χ0) is 18.9. The molecule has 0 saturated heterocycles. The van der Waals surface area contributed by atoms with Crippen LogP contribution in [0.3, 0.4) is 0 Å². The van der Waals surface area contributed by atoms with Gasteiger partial charge < -0.3 is 0 Å². The van der Waals surface area contributed by atoms with Crippen LogP contribution in [0.25, 0.3) is 11.0 Å². The van der Waals surface area contributed by atoms with Crippen molar-refractivity contribution in [1.82, 2.24) is 25.7 Å². The minimum Gasteiger partial charge on any atom is -0.286 e. The van der Waals surface area contributed by atoms with Crippen LogP contribution in [0, 0.1) is 12.8 Å². The van der Waals surface area contributed by atoms with Gasteiger partial charge in [0.15, 0.2) is 0 Å². The molecule has 0 saturated carbocycles. The van der Waals surface area contributed by atoms with Gasteiger partial charge in [0, 0.05) is 0 Å². The average molecular weight is 360 g/mol. The standard InChI is InChI=1S/C17H24N6O3/c1-3-4-5-6-13(10-23(26)11-24)16(25)20-22-17-18-14-8-7-12(2)9-15(14)19-21-17/h7-9,11,13,26H,3-6,10H2,1-2H3,(H,20,25)(H,18,21,22). The first-order valence-corrected chi connectivity index (χ1v) is 8.61. The molecular weight excluding hydrogens is 336 g/mol. The molecular formula is C17H24N6O3. The summed E-state index contributed by atoms with van der Waals surface area (Å²) in [6, 6.07) is 5.61. The molecule has 1 atom stereocenters. The Morgan fingerprint density at radius 1 is 1.31 bits per heavy atom. The lowest BCUT2D eigenvalue weighted by Gasteiger charge is -2.19. The fraction of sp³-hybridized carbons (Fsp3) is 0.471. The fourth-order valence-electron chi connectivity index (χ4n) is 2.53. The molecule has 9 heteroatoms. The van der Waals surface area contributed by atoms with Crippen molar-refractivity contribution in [2.75, 3.05) is 12.0 Å². The molecule has 0 aliphatic heterocycles. The Bertz CT molecular complexity index is 754. The van der Waals surface area contributed by atoms with E-state index in [2.05, 4.69) is 33.0 Å². The van der Waals surface area contributed by atoms with Crippen LogP contribution >= 0.6 is 0 Å². The number of nitrogens with zero attached hydrogens (tertiary/aromatic N) is 4. The zero-order valence-corrected chi connectivity index (χ0v) is 15.0. The first kappa shape index (κ1) is 19.5. The van der Waals surface area contributed by atoms with E-state index < -0.39 is 5.92 Å². The molecule has 0 bridgehead atoms. The Hall–Kier alpha value is -2.81. The van der Waals surface area contributed by atoms with E-state index in [0.717, 1.165) is 24.8 Å². The molecule has 0 fully saturated rings. The van der Waals surface area contributed by atoms with E-state index in [0.29, 0.717) is 22.5 Å². The number of nitrogens with one attached hydrogen (secondary N) is 2. The van der Waals surface area contributed by atoms with Crippen molar-refractivity contribution in [3.63, 3.8) is 0 Å². The summed E-state index contributed by atoms with van der Waals surface area (Å²) in [6.45, 7) is 3.94. The monoisotopic (exact) mass is 360 g/mol. The van der Waals surface area contributed by atoms with E-state index >= 15 is 0 Å². The highest BCUT2D eigenvalue weighted by atomic mass is 16.5. The Labute approximate surface area is 151 Å². The van der Waals surface area contributed by atoms with Crippen LogP contribution in [-0.2, 0) is 9.59 Å². The lowest BCUT2D eigenvalue weighted by Crippen LogP contribution is -2.40. The van der Waals surface area contributed by atoms with E-state index in [1.165, 1.54) is 0 Å². The third kappa shape index (κ3) is 5.62. The van der Waals surface area contributed by atoms with Gasteiger partial charge in [0.1, 0.15) is 5.52 Å². The van der Waals surface area contributed by atoms with Crippen molar-refractivity contribution in [3.05, 3.63) is 23.8 Å². The minimum absolute atomic E-state index is 0.0726. The second-order valence-corrected chi connectivity index (χ2v) is 6.16. The lowest BCUT2D eigenvalue weighted by atomic mass is 10.0. The molecule has 0 radical (unpaired) electrons. The zero-order valence-electron chi connectivity index (χ0n) is 15.0. The summed E-state index contributed by atoms with van der Waals surface area (Å²) < 4.78 is 0. The van der Waals surface area contributed by atoms with E-state index in [1.807, 2.05) is 25.1 Å². The summed E-state index contributed by atoms with van der Waals surface area (Å²) >= 11 is 0. The number of hydroxylamine groups is 2. The number of anilines is 1. The summed E-state index contributed by atoms with van der Waals surface area (Å²) in [4.78, 5) is 27.3. The van der Waals surface area contributed by atoms with Crippen LogP contribution in [0.15, 0.2) is 18.2 Å². The van der Waals surface area contributed by atoms with E-state index in [4.69, 9.17) is 0 Å². The number of hydrogen-bond donors (Lipinski definition) is 3. The summed E-state index contributed by atoms with van der Waals surface area (Å²) in [5.41, 5.74) is 7.55. The molecule has 140 valence electrons. The number of amides is 2. The maximum atomic E-state index is 12.4. The van der Waals surface area contributed by atoms with Crippen LogP contribution in [-0.4, -0.2) is 44.3 Å². The summed E-state index contributed by atoms with van der Waals surface area (Å²) in [6.07, 6.45) is 3.66. The molecule has 1 unspecified atom stereocenters. The van der Waals surface area contributed by atoms with Crippen LogP contribution in [0.5, 0.6) is 0 Å². The Morgan fingerprint density at radius 2 is 2.12 bits per heavy atom. The van der Waals surface area contributed by atoms with Crippen LogP contribution in [0.1, 0.15) is 38.2 Å². The van der Waals surface area contributed by atoms with Gasteiger partial charge in [-0.25, -0.2) is 10.0 Å². The average Bonchev–Trinajstić information content (AvgIpc) is 2.65. The molecule has 2 amide bonds. The maximum Gasteiger partial charge on any atom is 0.262 e. The summed E-state index contributed by atoms with van der Waals surface area (Å²) in [5.74, 6) is -0.729. The molecule has 1 heterocycles. The second kappa shape index (κ2) is 9.62. The van der Waals surface area contributed by atoms with Crippen LogP contribution in [0.4, 0.5) is 5.95 Å². The van der Waals surface area contributed by atoms with Gasteiger partial charge >= 0.3 is 0 Å². The van der Waals surface area contributed by atoms with Crippen molar-refractivity contribution in [2.24, 2.45) is 5.92 Å². The highest BCUT2D eigenvalue weighted by Crippen LogP contribution is 2.13. The minimum atomic E-state index is -0.541. The third-order valence-corrected chi connectivity index (χ3v) is 3.96. The largest absolute Gasteiger partial charge is 0.286 e. The van der Waals surface area contributed by atoms with Crippen molar-refractivity contribution < 1.29 is 14.8 Å². The molecule has 0 aliphatic carbocycles. The maximum absolute atomic E-state index is 12.4. The van der Waals surface area contributed by atoms with Gasteiger partial charge in [-0.2, -0.15) is 0 Å². The quantitative estimate of drug-likeness (QED) is 0.256. The number of rotatable bonds is 10. The highest BCUT2D eigenvalue weighted by molar-refractivity contribution is 5.80. The summed E-state index contributed by atoms with van der Waals surface area (Å²) in [7, 11) is 0. The number of carbonyl (C=O) groups is 2. The van der Waals surface area contributed by atoms with Gasteiger partial charge in [-0.05, 0) is 31.0 Å². The van der Waals surface area contributed by atoms with Gasteiger partial charge in [0.2, 0.25) is 12.3 Å². The van der Waals surface area contributed by atoms with Gasteiger partial charge in [0.05, 0.1) is 18.0 Å². The smallest absolute Gasteiger partial charge is 0.262 e. The number of fused-ring (bicyclic) bond motifs is 1. The van der Waals surface area contributed by atoms with Gasteiger partial charge in [-0.3, -0.25) is 25.6 Å². The first-order valence-electron chi connectivity index (χ1n) is 8.61. The number of unbranched alkanes of at least 4 members (excludes halogenated alkanes) is 2. The second-order valence-electron chi connectivity index (χ2n) is 6.16. The predicted molar refractivity (Wildman–Crippen MR) is 96.0 cm³/mol. The molecule has 0 aliphatic rings. The Kier molecular flexibility index (Phi) is 7.22. The fourth-order valence-corrected chi connectivity index (χ4v) is 2.53. The third-order valence-electron chi connectivity index (χ3n) is 3.96. The topological polar surface area (TPSA) is 120 Å². The number of benzene rings is 1. The molecule has 2 aromatic rings. The van der Waals surface area contributed by atoms with Gasteiger partial charge in [-0.1, -0.05) is 32.3 Å². The number of carbonyl (C=O) groups excluding carboxylic acids is 2. The van der Waals surface area contributed by atoms with Crippen molar-refractivity contribution >= 4 is 29.3 Å². The Morgan fingerprint density at radius 3 is 2.85 bits per heavy atom. The van der Waals surface area contributed by atoms with Gasteiger partial charge in [-0.15, -0.1) is 10.2 Å². The normalized spacial score (nSPS) is 11.8. The molecule has 1 aromatic heterocycles. The van der Waals surface area contributed by atoms with E-state index in [-0.39, 0.29) is 24.8 Å². The molecule has 1 aromatic carbocycles. The highest BCUT2D eigenvalue weighted by Gasteiger charge is 2.20. The molecule has 0 spiro atoms. The summed E-state index contributed by atoms with van der Waals surface area (Å²) in [5, 5.41) is 17.9. The Balaban J connectivity index is 1.98. The number of aryl methyl sites for hydroxylation is 1. The molecule has 9 nitrogen and oxygen atoms in total. The van der Waals surface area contributed by atoms with E-state index in [1.54, 1.807) is 0 Å². The number of aromatic nitrogens is 3.